The number of allylic oxidation sites excluding steroid dienone is 1. The lowest BCUT2D eigenvalue weighted by atomic mass is 10.1. The number of hydrogen-bond donors (Lipinski definition) is 1. The summed E-state index contributed by atoms with van der Waals surface area (Å²) in [5.41, 5.74) is 0. The molecule has 1 saturated heterocycles. The molecule has 3 unspecified atom stereocenters. The Kier molecular flexibility index (Phi) is 4.04. The molecule has 3 atom stereocenters. The predicted octanol–water partition coefficient (Wildman–Crippen LogP) is 2.56. The maximum absolute atomic E-state index is 3.78. The van der Waals surface area contributed by atoms with Crippen molar-refractivity contribution in [1.82, 2.24) is 10.2 Å². The van der Waals surface area contributed by atoms with Crippen molar-refractivity contribution in [2.24, 2.45) is 0 Å². The summed E-state index contributed by atoms with van der Waals surface area (Å²) >= 11 is 0. The molecule has 1 N–H and O–H groups in total. The monoisotopic (exact) mass is 222 g/mol. The molecule has 1 saturated carbocycles. The van der Waals surface area contributed by atoms with E-state index in [0.29, 0.717) is 6.04 Å². The van der Waals surface area contributed by atoms with Crippen LogP contribution < -0.4 is 5.32 Å². The van der Waals surface area contributed by atoms with Crippen molar-refractivity contribution in [2.75, 3.05) is 6.54 Å². The Balaban J connectivity index is 1.72. The van der Waals surface area contributed by atoms with Crippen LogP contribution in [-0.2, 0) is 0 Å². The van der Waals surface area contributed by atoms with E-state index in [-0.39, 0.29) is 0 Å². The van der Waals surface area contributed by atoms with Crippen LogP contribution >= 0.6 is 0 Å². The summed E-state index contributed by atoms with van der Waals surface area (Å²) in [6, 6.07) is 3.06. The van der Waals surface area contributed by atoms with Crippen LogP contribution in [0.2, 0.25) is 0 Å². The van der Waals surface area contributed by atoms with Gasteiger partial charge in [0.2, 0.25) is 0 Å². The molecule has 92 valence electrons. The molecule has 1 heterocycles. The van der Waals surface area contributed by atoms with Crippen molar-refractivity contribution in [3.63, 3.8) is 0 Å². The van der Waals surface area contributed by atoms with Gasteiger partial charge in [-0.1, -0.05) is 6.08 Å². The van der Waals surface area contributed by atoms with Crippen LogP contribution in [0.1, 0.15) is 46.0 Å². The van der Waals surface area contributed by atoms with E-state index in [1.807, 2.05) is 6.08 Å². The zero-order valence-electron chi connectivity index (χ0n) is 10.8. The first-order valence-corrected chi connectivity index (χ1v) is 6.83. The fourth-order valence-electron chi connectivity index (χ4n) is 2.95. The second-order valence-corrected chi connectivity index (χ2v) is 5.64. The first-order chi connectivity index (χ1) is 7.70. The fraction of sp³-hybridized carbons (Fsp3) is 0.857. The SMILES string of the molecule is C=CCCC(C)NC1CC(C)N(C2CC2)C1. The van der Waals surface area contributed by atoms with Gasteiger partial charge in [0.1, 0.15) is 0 Å². The zero-order chi connectivity index (χ0) is 11.5. The van der Waals surface area contributed by atoms with E-state index < -0.39 is 0 Å². The topological polar surface area (TPSA) is 15.3 Å². The number of hydrogen-bond acceptors (Lipinski definition) is 2. The van der Waals surface area contributed by atoms with Gasteiger partial charge in [-0.15, -0.1) is 6.58 Å². The first kappa shape index (κ1) is 12.1. The van der Waals surface area contributed by atoms with Crippen LogP contribution in [0.3, 0.4) is 0 Å². The van der Waals surface area contributed by atoms with Gasteiger partial charge in [0, 0.05) is 30.7 Å². The second-order valence-electron chi connectivity index (χ2n) is 5.64. The van der Waals surface area contributed by atoms with E-state index in [4.69, 9.17) is 0 Å². The van der Waals surface area contributed by atoms with Crippen LogP contribution in [0.5, 0.6) is 0 Å². The molecule has 0 spiro atoms. The quantitative estimate of drug-likeness (QED) is 0.695. The van der Waals surface area contributed by atoms with Gasteiger partial charge < -0.3 is 5.32 Å². The molecule has 1 aliphatic heterocycles. The zero-order valence-corrected chi connectivity index (χ0v) is 10.8. The molecule has 1 aliphatic carbocycles. The first-order valence-electron chi connectivity index (χ1n) is 6.83. The molecule has 16 heavy (non-hydrogen) atoms. The summed E-state index contributed by atoms with van der Waals surface area (Å²) in [6.45, 7) is 9.74. The molecule has 2 aliphatic rings. The number of likely N-dealkylation sites (tertiary alicyclic amines) is 1. The van der Waals surface area contributed by atoms with Crippen molar-refractivity contribution < 1.29 is 0 Å². The Hall–Kier alpha value is -0.340. The minimum Gasteiger partial charge on any atom is -0.310 e. The summed E-state index contributed by atoms with van der Waals surface area (Å²) in [7, 11) is 0. The molecule has 2 rings (SSSR count). The molecule has 2 fully saturated rings. The molecule has 0 aromatic rings. The predicted molar refractivity (Wildman–Crippen MR) is 69.6 cm³/mol. The Bertz CT molecular complexity index is 235. The minimum atomic E-state index is 0.634. The third-order valence-corrected chi connectivity index (χ3v) is 3.96. The van der Waals surface area contributed by atoms with E-state index in [2.05, 4.69) is 30.6 Å². The van der Waals surface area contributed by atoms with Crippen molar-refractivity contribution in [1.29, 1.82) is 0 Å². The van der Waals surface area contributed by atoms with Gasteiger partial charge in [0.05, 0.1) is 0 Å². The van der Waals surface area contributed by atoms with E-state index >= 15 is 0 Å². The summed E-state index contributed by atoms with van der Waals surface area (Å²) in [4.78, 5) is 2.71. The Labute approximate surface area is 100 Å². The summed E-state index contributed by atoms with van der Waals surface area (Å²) in [5, 5.41) is 3.77. The van der Waals surface area contributed by atoms with Crippen LogP contribution in [0.15, 0.2) is 12.7 Å². The molecule has 0 aromatic heterocycles. The third-order valence-electron chi connectivity index (χ3n) is 3.96. The standard InChI is InChI=1S/C14H26N2/c1-4-5-6-11(2)15-13-9-12(3)16(10-13)14-7-8-14/h4,11-15H,1,5-10H2,2-3H3. The lowest BCUT2D eigenvalue weighted by molar-refractivity contribution is 0.254. The van der Waals surface area contributed by atoms with Crippen molar-refractivity contribution >= 4 is 0 Å². The summed E-state index contributed by atoms with van der Waals surface area (Å²) in [6.07, 6.45) is 8.56. The average Bonchev–Trinajstić information content (AvgIpc) is 3.01. The normalized spacial score (nSPS) is 32.9. The molecule has 0 radical (unpaired) electrons. The largest absolute Gasteiger partial charge is 0.310 e. The Morgan fingerprint density at radius 2 is 2.25 bits per heavy atom. The molecule has 2 nitrogen and oxygen atoms in total. The van der Waals surface area contributed by atoms with E-state index in [1.165, 1.54) is 32.2 Å². The van der Waals surface area contributed by atoms with Gasteiger partial charge in [-0.05, 0) is 46.0 Å². The fourth-order valence-corrected chi connectivity index (χ4v) is 2.95. The molecular formula is C14H26N2. The average molecular weight is 222 g/mol. The molecule has 0 amide bonds. The number of nitrogens with one attached hydrogen (secondary N) is 1. The van der Waals surface area contributed by atoms with Crippen molar-refractivity contribution in [3.05, 3.63) is 12.7 Å². The molecule has 0 bridgehead atoms. The maximum Gasteiger partial charge on any atom is 0.0212 e. The summed E-state index contributed by atoms with van der Waals surface area (Å²) in [5.74, 6) is 0. The van der Waals surface area contributed by atoms with Crippen LogP contribution in [0.25, 0.3) is 0 Å². The lowest BCUT2D eigenvalue weighted by Gasteiger charge is -2.21. The third kappa shape index (κ3) is 3.08. The smallest absolute Gasteiger partial charge is 0.0212 e. The molecular weight excluding hydrogens is 196 g/mol. The Morgan fingerprint density at radius 3 is 2.88 bits per heavy atom. The van der Waals surface area contributed by atoms with E-state index in [0.717, 1.165) is 24.5 Å². The maximum atomic E-state index is 3.78. The highest BCUT2D eigenvalue weighted by atomic mass is 15.3. The lowest BCUT2D eigenvalue weighted by Crippen LogP contribution is -2.38. The highest BCUT2D eigenvalue weighted by Crippen LogP contribution is 2.33. The minimum absolute atomic E-state index is 0.634. The van der Waals surface area contributed by atoms with E-state index in [9.17, 15) is 0 Å². The van der Waals surface area contributed by atoms with Crippen molar-refractivity contribution in [2.45, 2.75) is 70.1 Å². The highest BCUT2D eigenvalue weighted by Gasteiger charge is 2.38. The highest BCUT2D eigenvalue weighted by molar-refractivity contribution is 4.96. The number of rotatable bonds is 6. The van der Waals surface area contributed by atoms with Crippen LogP contribution in [0, 0.1) is 0 Å². The van der Waals surface area contributed by atoms with Gasteiger partial charge >= 0.3 is 0 Å². The van der Waals surface area contributed by atoms with Crippen LogP contribution in [0.4, 0.5) is 0 Å². The van der Waals surface area contributed by atoms with Gasteiger partial charge in [-0.25, -0.2) is 0 Å². The summed E-state index contributed by atoms with van der Waals surface area (Å²) < 4.78 is 0. The Morgan fingerprint density at radius 1 is 1.50 bits per heavy atom. The molecule has 0 aromatic carbocycles. The van der Waals surface area contributed by atoms with Gasteiger partial charge in [-0.3, -0.25) is 4.90 Å². The number of nitrogens with zero attached hydrogens (tertiary/aromatic N) is 1. The van der Waals surface area contributed by atoms with E-state index in [1.54, 1.807) is 0 Å². The van der Waals surface area contributed by atoms with Crippen LogP contribution in [-0.4, -0.2) is 35.6 Å². The molecule has 2 heteroatoms. The van der Waals surface area contributed by atoms with Crippen molar-refractivity contribution in [3.8, 4) is 0 Å². The van der Waals surface area contributed by atoms with Gasteiger partial charge in [0.25, 0.3) is 0 Å². The van der Waals surface area contributed by atoms with Gasteiger partial charge in [-0.2, -0.15) is 0 Å². The second kappa shape index (κ2) is 5.33. The van der Waals surface area contributed by atoms with Gasteiger partial charge in [0.15, 0.2) is 0 Å².